The van der Waals surface area contributed by atoms with Gasteiger partial charge in [-0.25, -0.2) is 0 Å². The summed E-state index contributed by atoms with van der Waals surface area (Å²) < 4.78 is 16.3. The van der Waals surface area contributed by atoms with E-state index in [0.717, 1.165) is 34.8 Å². The molecule has 0 amide bonds. The summed E-state index contributed by atoms with van der Waals surface area (Å²) in [6.45, 7) is 1.08. The van der Waals surface area contributed by atoms with Crippen molar-refractivity contribution in [2.75, 3.05) is 20.8 Å². The van der Waals surface area contributed by atoms with E-state index < -0.39 is 0 Å². The van der Waals surface area contributed by atoms with Gasteiger partial charge in [-0.1, -0.05) is 12.1 Å². The van der Waals surface area contributed by atoms with E-state index in [9.17, 15) is 0 Å². The van der Waals surface area contributed by atoms with Crippen LogP contribution in [0.2, 0.25) is 0 Å². The molecule has 0 saturated carbocycles. The Bertz CT molecular complexity index is 567. The van der Waals surface area contributed by atoms with E-state index in [1.165, 1.54) is 0 Å². The van der Waals surface area contributed by atoms with Crippen LogP contribution >= 0.6 is 0 Å². The van der Waals surface area contributed by atoms with Gasteiger partial charge in [-0.15, -0.1) is 0 Å². The van der Waals surface area contributed by atoms with Crippen molar-refractivity contribution in [1.29, 1.82) is 0 Å². The molecular formula is C17H21NO3. The summed E-state index contributed by atoms with van der Waals surface area (Å²) in [5, 5.41) is 0. The van der Waals surface area contributed by atoms with Crippen LogP contribution < -0.4 is 19.9 Å². The molecule has 4 heteroatoms. The van der Waals surface area contributed by atoms with Gasteiger partial charge >= 0.3 is 0 Å². The molecule has 112 valence electrons. The molecule has 0 atom stereocenters. The summed E-state index contributed by atoms with van der Waals surface area (Å²) in [5.41, 5.74) is 7.80. The first-order valence-corrected chi connectivity index (χ1v) is 6.89. The minimum absolute atomic E-state index is 0.508. The zero-order chi connectivity index (χ0) is 15.1. The Morgan fingerprint density at radius 1 is 0.905 bits per heavy atom. The zero-order valence-corrected chi connectivity index (χ0v) is 12.5. The van der Waals surface area contributed by atoms with E-state index in [4.69, 9.17) is 19.9 Å². The van der Waals surface area contributed by atoms with E-state index in [0.29, 0.717) is 13.2 Å². The molecule has 0 fully saturated rings. The molecule has 2 aromatic carbocycles. The molecule has 0 aliphatic heterocycles. The second kappa shape index (κ2) is 7.55. The summed E-state index contributed by atoms with van der Waals surface area (Å²) >= 11 is 0. The van der Waals surface area contributed by atoms with Gasteiger partial charge in [0, 0.05) is 0 Å². The summed E-state index contributed by atoms with van der Waals surface area (Å²) in [4.78, 5) is 0. The lowest BCUT2D eigenvalue weighted by Crippen LogP contribution is -2.06. The van der Waals surface area contributed by atoms with Crippen LogP contribution in [0, 0.1) is 0 Å². The fourth-order valence-electron chi connectivity index (χ4n) is 2.06. The van der Waals surface area contributed by atoms with Gasteiger partial charge in [0.2, 0.25) is 0 Å². The number of rotatable bonds is 7. The molecule has 2 aromatic rings. The average molecular weight is 287 g/mol. The number of methoxy groups -OCH3 is 2. The van der Waals surface area contributed by atoms with Crippen molar-refractivity contribution in [3.8, 4) is 17.2 Å². The number of ether oxygens (including phenoxy) is 3. The van der Waals surface area contributed by atoms with Crippen molar-refractivity contribution >= 4 is 0 Å². The highest BCUT2D eigenvalue weighted by molar-refractivity contribution is 5.40. The first kappa shape index (κ1) is 15.2. The Labute approximate surface area is 125 Å². The maximum absolute atomic E-state index is 5.90. The van der Waals surface area contributed by atoms with Crippen LogP contribution in [0.25, 0.3) is 0 Å². The molecule has 2 rings (SSSR count). The normalized spacial score (nSPS) is 10.2. The van der Waals surface area contributed by atoms with Crippen LogP contribution in [-0.4, -0.2) is 20.8 Å². The van der Waals surface area contributed by atoms with Crippen LogP contribution in [0.4, 0.5) is 0 Å². The van der Waals surface area contributed by atoms with E-state index >= 15 is 0 Å². The van der Waals surface area contributed by atoms with E-state index in [2.05, 4.69) is 0 Å². The van der Waals surface area contributed by atoms with Crippen molar-refractivity contribution in [2.24, 2.45) is 5.73 Å². The highest BCUT2D eigenvalue weighted by Crippen LogP contribution is 2.25. The SMILES string of the molecule is COc1ccc(COc2ccc(OC)cc2CCN)cc1. The van der Waals surface area contributed by atoms with Gasteiger partial charge in [0.25, 0.3) is 0 Å². The maximum Gasteiger partial charge on any atom is 0.123 e. The lowest BCUT2D eigenvalue weighted by molar-refractivity contribution is 0.302. The van der Waals surface area contributed by atoms with Crippen LogP contribution in [-0.2, 0) is 13.0 Å². The molecule has 0 aromatic heterocycles. The fourth-order valence-corrected chi connectivity index (χ4v) is 2.06. The Balaban J connectivity index is 2.07. The van der Waals surface area contributed by atoms with Crippen LogP contribution in [0.1, 0.15) is 11.1 Å². The third kappa shape index (κ3) is 4.13. The van der Waals surface area contributed by atoms with Crippen molar-refractivity contribution in [3.05, 3.63) is 53.6 Å². The Hall–Kier alpha value is -2.20. The summed E-state index contributed by atoms with van der Waals surface area (Å²) in [5.74, 6) is 2.50. The van der Waals surface area contributed by atoms with Crippen molar-refractivity contribution in [2.45, 2.75) is 13.0 Å². The molecule has 21 heavy (non-hydrogen) atoms. The summed E-state index contributed by atoms with van der Waals surface area (Å²) in [6, 6.07) is 13.6. The average Bonchev–Trinajstić information content (AvgIpc) is 2.54. The molecule has 0 spiro atoms. The molecular weight excluding hydrogens is 266 g/mol. The number of benzene rings is 2. The first-order valence-electron chi connectivity index (χ1n) is 6.89. The van der Waals surface area contributed by atoms with Gasteiger partial charge < -0.3 is 19.9 Å². The summed E-state index contributed by atoms with van der Waals surface area (Å²) in [6.07, 6.45) is 0.759. The third-order valence-electron chi connectivity index (χ3n) is 3.23. The van der Waals surface area contributed by atoms with Gasteiger partial charge in [0.05, 0.1) is 14.2 Å². The van der Waals surface area contributed by atoms with E-state index in [1.54, 1.807) is 14.2 Å². The minimum atomic E-state index is 0.508. The zero-order valence-electron chi connectivity index (χ0n) is 12.5. The third-order valence-corrected chi connectivity index (χ3v) is 3.23. The molecule has 0 heterocycles. The minimum Gasteiger partial charge on any atom is -0.497 e. The van der Waals surface area contributed by atoms with Crippen molar-refractivity contribution < 1.29 is 14.2 Å². The Morgan fingerprint density at radius 2 is 1.57 bits per heavy atom. The monoisotopic (exact) mass is 287 g/mol. The molecule has 2 N–H and O–H groups in total. The maximum atomic E-state index is 5.90. The summed E-state index contributed by atoms with van der Waals surface area (Å²) in [7, 11) is 3.31. The predicted molar refractivity (Wildman–Crippen MR) is 83.1 cm³/mol. The highest BCUT2D eigenvalue weighted by Gasteiger charge is 2.06. The lowest BCUT2D eigenvalue weighted by atomic mass is 10.1. The Morgan fingerprint density at radius 3 is 2.19 bits per heavy atom. The van der Waals surface area contributed by atoms with Crippen molar-refractivity contribution in [3.63, 3.8) is 0 Å². The smallest absolute Gasteiger partial charge is 0.123 e. The van der Waals surface area contributed by atoms with Gasteiger partial charge in [0.1, 0.15) is 23.9 Å². The fraction of sp³-hybridized carbons (Fsp3) is 0.294. The quantitative estimate of drug-likeness (QED) is 0.851. The highest BCUT2D eigenvalue weighted by atomic mass is 16.5. The van der Waals surface area contributed by atoms with Crippen LogP contribution in [0.5, 0.6) is 17.2 Å². The van der Waals surface area contributed by atoms with Gasteiger partial charge in [-0.3, -0.25) is 0 Å². The van der Waals surface area contributed by atoms with E-state index in [-0.39, 0.29) is 0 Å². The number of hydrogen-bond donors (Lipinski definition) is 1. The first-order chi connectivity index (χ1) is 10.3. The van der Waals surface area contributed by atoms with Gasteiger partial charge in [-0.2, -0.15) is 0 Å². The second-order valence-electron chi connectivity index (χ2n) is 4.65. The molecule has 0 saturated heterocycles. The topological polar surface area (TPSA) is 53.7 Å². The predicted octanol–water partition coefficient (Wildman–Crippen LogP) is 2.78. The van der Waals surface area contributed by atoms with Crippen LogP contribution in [0.15, 0.2) is 42.5 Å². The lowest BCUT2D eigenvalue weighted by Gasteiger charge is -2.13. The van der Waals surface area contributed by atoms with Crippen molar-refractivity contribution in [1.82, 2.24) is 0 Å². The Kier molecular flexibility index (Phi) is 5.46. The molecule has 0 aliphatic carbocycles. The van der Waals surface area contributed by atoms with Gasteiger partial charge in [0.15, 0.2) is 0 Å². The van der Waals surface area contributed by atoms with Crippen LogP contribution in [0.3, 0.4) is 0 Å². The molecule has 0 bridgehead atoms. The van der Waals surface area contributed by atoms with Gasteiger partial charge in [-0.05, 0) is 54.4 Å². The standard InChI is InChI=1S/C17H21NO3/c1-19-15-5-3-13(4-6-15)12-21-17-8-7-16(20-2)11-14(17)9-10-18/h3-8,11H,9-10,12,18H2,1-2H3. The molecule has 0 unspecified atom stereocenters. The molecule has 0 radical (unpaired) electrons. The second-order valence-corrected chi connectivity index (χ2v) is 4.65. The number of hydrogen-bond acceptors (Lipinski definition) is 4. The number of nitrogens with two attached hydrogens (primary N) is 1. The molecule has 0 aliphatic rings. The largest absolute Gasteiger partial charge is 0.497 e. The molecule has 4 nitrogen and oxygen atoms in total. The van der Waals surface area contributed by atoms with E-state index in [1.807, 2.05) is 42.5 Å².